The zero-order valence-electron chi connectivity index (χ0n) is 7.99. The molecule has 0 aliphatic rings. The molecule has 0 atom stereocenters. The average molecular weight is 273 g/mol. The lowest BCUT2D eigenvalue weighted by molar-refractivity contribution is -0.139. The van der Waals surface area contributed by atoms with Crippen molar-refractivity contribution in [1.82, 2.24) is 10.3 Å². The molecule has 15 heavy (non-hydrogen) atoms. The van der Waals surface area contributed by atoms with Crippen molar-refractivity contribution in [3.8, 4) is 0 Å². The van der Waals surface area contributed by atoms with Crippen molar-refractivity contribution < 1.29 is 14.3 Å². The molecule has 0 aliphatic carbocycles. The molecule has 6 heteroatoms. The summed E-state index contributed by atoms with van der Waals surface area (Å²) in [6.07, 6.45) is 1.50. The molecule has 0 saturated carbocycles. The normalized spacial score (nSPS) is 9.47. The second-order valence-corrected chi connectivity index (χ2v) is 3.53. The first-order valence-electron chi connectivity index (χ1n) is 4.10. The second kappa shape index (κ2) is 5.45. The van der Waals surface area contributed by atoms with E-state index in [0.717, 1.165) is 4.47 Å². The molecule has 0 unspecified atom stereocenters. The van der Waals surface area contributed by atoms with Crippen molar-refractivity contribution in [2.24, 2.45) is 0 Å². The minimum absolute atomic E-state index is 0.163. The highest BCUT2D eigenvalue weighted by molar-refractivity contribution is 9.10. The second-order valence-electron chi connectivity index (χ2n) is 2.62. The van der Waals surface area contributed by atoms with Crippen molar-refractivity contribution >= 4 is 27.8 Å². The number of pyridine rings is 1. The van der Waals surface area contributed by atoms with Crippen LogP contribution in [0.15, 0.2) is 22.8 Å². The fraction of sp³-hybridized carbons (Fsp3) is 0.222. The Morgan fingerprint density at radius 3 is 2.93 bits per heavy atom. The molecule has 1 aromatic rings. The van der Waals surface area contributed by atoms with E-state index < -0.39 is 11.9 Å². The van der Waals surface area contributed by atoms with Gasteiger partial charge >= 0.3 is 5.97 Å². The van der Waals surface area contributed by atoms with Crippen LogP contribution in [0.1, 0.15) is 10.5 Å². The summed E-state index contributed by atoms with van der Waals surface area (Å²) in [7, 11) is 1.26. The van der Waals surface area contributed by atoms with Gasteiger partial charge in [-0.1, -0.05) is 15.9 Å². The van der Waals surface area contributed by atoms with E-state index >= 15 is 0 Å². The molecule has 1 aromatic heterocycles. The van der Waals surface area contributed by atoms with E-state index in [2.05, 4.69) is 31.0 Å². The van der Waals surface area contributed by atoms with Gasteiger partial charge in [0, 0.05) is 10.7 Å². The molecule has 0 aromatic carbocycles. The highest BCUT2D eigenvalue weighted by atomic mass is 79.9. The maximum atomic E-state index is 11.4. The van der Waals surface area contributed by atoms with Crippen LogP contribution in [0.2, 0.25) is 0 Å². The number of nitrogens with one attached hydrogen (secondary N) is 1. The smallest absolute Gasteiger partial charge is 0.325 e. The molecule has 0 radical (unpaired) electrons. The van der Waals surface area contributed by atoms with E-state index in [4.69, 9.17) is 0 Å². The number of carbonyl (C=O) groups excluding carboxylic acids is 2. The van der Waals surface area contributed by atoms with Gasteiger partial charge in [0.15, 0.2) is 0 Å². The lowest BCUT2D eigenvalue weighted by atomic mass is 10.3. The highest BCUT2D eigenvalue weighted by Crippen LogP contribution is 2.08. The van der Waals surface area contributed by atoms with Crippen LogP contribution in [0, 0.1) is 0 Å². The van der Waals surface area contributed by atoms with Gasteiger partial charge < -0.3 is 10.1 Å². The van der Waals surface area contributed by atoms with Gasteiger partial charge in [-0.2, -0.15) is 0 Å². The van der Waals surface area contributed by atoms with Crippen LogP contribution >= 0.6 is 15.9 Å². The molecule has 80 valence electrons. The van der Waals surface area contributed by atoms with E-state index in [1.165, 1.54) is 13.3 Å². The topological polar surface area (TPSA) is 68.3 Å². The third-order valence-electron chi connectivity index (χ3n) is 1.58. The predicted molar refractivity (Wildman–Crippen MR) is 56.3 cm³/mol. The van der Waals surface area contributed by atoms with Gasteiger partial charge in [-0.25, -0.2) is 0 Å². The van der Waals surface area contributed by atoms with E-state index in [1.54, 1.807) is 12.1 Å². The summed E-state index contributed by atoms with van der Waals surface area (Å²) in [5.74, 6) is -0.917. The van der Waals surface area contributed by atoms with Gasteiger partial charge in [-0.3, -0.25) is 14.6 Å². The first-order chi connectivity index (χ1) is 7.13. The number of methoxy groups -OCH3 is 1. The van der Waals surface area contributed by atoms with Crippen molar-refractivity contribution in [2.75, 3.05) is 13.7 Å². The molecule has 0 spiro atoms. The number of hydrogen-bond acceptors (Lipinski definition) is 4. The molecule has 1 rings (SSSR count). The number of halogens is 1. The molecule has 1 heterocycles. The Bertz CT molecular complexity index is 381. The molecule has 0 fully saturated rings. The summed E-state index contributed by atoms with van der Waals surface area (Å²) in [5, 5.41) is 2.38. The molecule has 0 bridgehead atoms. The Kier molecular flexibility index (Phi) is 4.23. The molecule has 0 saturated heterocycles. The third-order valence-corrected chi connectivity index (χ3v) is 2.07. The Hall–Kier alpha value is -1.43. The molecule has 5 nitrogen and oxygen atoms in total. The standard InChI is InChI=1S/C9H9BrN2O3/c1-15-8(13)5-12-9(14)7-4-6(10)2-3-11-7/h2-4H,5H2,1H3,(H,12,14). The lowest BCUT2D eigenvalue weighted by Crippen LogP contribution is -2.30. The maximum absolute atomic E-state index is 11.4. The molecular formula is C9H9BrN2O3. The fourth-order valence-electron chi connectivity index (χ4n) is 0.844. The molecular weight excluding hydrogens is 264 g/mol. The highest BCUT2D eigenvalue weighted by Gasteiger charge is 2.09. The van der Waals surface area contributed by atoms with Crippen LogP contribution in [-0.4, -0.2) is 30.5 Å². The number of rotatable bonds is 3. The fourth-order valence-corrected chi connectivity index (χ4v) is 1.18. The SMILES string of the molecule is COC(=O)CNC(=O)c1cc(Br)ccn1. The van der Waals surface area contributed by atoms with Gasteiger partial charge in [0.05, 0.1) is 7.11 Å². The Morgan fingerprint density at radius 2 is 2.33 bits per heavy atom. The van der Waals surface area contributed by atoms with Gasteiger partial charge in [0.1, 0.15) is 12.2 Å². The molecule has 0 aliphatic heterocycles. The summed E-state index contributed by atoms with van der Waals surface area (Å²) in [6.45, 7) is -0.163. The van der Waals surface area contributed by atoms with Gasteiger partial charge in [0.2, 0.25) is 0 Å². The minimum Gasteiger partial charge on any atom is -0.468 e. The van der Waals surface area contributed by atoms with Crippen LogP contribution in [0.3, 0.4) is 0 Å². The Morgan fingerprint density at radius 1 is 1.60 bits per heavy atom. The number of nitrogens with zero attached hydrogens (tertiary/aromatic N) is 1. The van der Waals surface area contributed by atoms with E-state index in [1.807, 2.05) is 0 Å². The summed E-state index contributed by atoms with van der Waals surface area (Å²) >= 11 is 3.21. The number of hydrogen-bond donors (Lipinski definition) is 1. The van der Waals surface area contributed by atoms with Crippen LogP contribution < -0.4 is 5.32 Å². The number of aromatic nitrogens is 1. The van der Waals surface area contributed by atoms with Crippen LogP contribution in [0.5, 0.6) is 0 Å². The van der Waals surface area contributed by atoms with Crippen molar-refractivity contribution in [3.63, 3.8) is 0 Å². The van der Waals surface area contributed by atoms with Crippen LogP contribution in [-0.2, 0) is 9.53 Å². The Labute approximate surface area is 95.0 Å². The van der Waals surface area contributed by atoms with Crippen LogP contribution in [0.4, 0.5) is 0 Å². The number of amides is 1. The first kappa shape index (κ1) is 11.6. The van der Waals surface area contributed by atoms with Gasteiger partial charge in [-0.15, -0.1) is 0 Å². The monoisotopic (exact) mass is 272 g/mol. The zero-order chi connectivity index (χ0) is 11.3. The first-order valence-corrected chi connectivity index (χ1v) is 4.89. The van der Waals surface area contributed by atoms with Crippen molar-refractivity contribution in [3.05, 3.63) is 28.5 Å². The molecule has 1 amide bonds. The lowest BCUT2D eigenvalue weighted by Gasteiger charge is -2.02. The minimum atomic E-state index is -0.502. The summed E-state index contributed by atoms with van der Waals surface area (Å²) in [6, 6.07) is 3.27. The maximum Gasteiger partial charge on any atom is 0.325 e. The summed E-state index contributed by atoms with van der Waals surface area (Å²) in [5.41, 5.74) is 0.244. The van der Waals surface area contributed by atoms with E-state index in [9.17, 15) is 9.59 Å². The predicted octanol–water partition coefficient (Wildman–Crippen LogP) is 0.747. The van der Waals surface area contributed by atoms with E-state index in [-0.39, 0.29) is 12.2 Å². The van der Waals surface area contributed by atoms with Crippen molar-refractivity contribution in [2.45, 2.75) is 0 Å². The quantitative estimate of drug-likeness (QED) is 0.825. The van der Waals surface area contributed by atoms with E-state index in [0.29, 0.717) is 0 Å². The van der Waals surface area contributed by atoms with Gasteiger partial charge in [-0.05, 0) is 12.1 Å². The number of ether oxygens (including phenoxy) is 1. The Balaban J connectivity index is 2.58. The summed E-state index contributed by atoms with van der Waals surface area (Å²) < 4.78 is 5.13. The van der Waals surface area contributed by atoms with Crippen molar-refractivity contribution in [1.29, 1.82) is 0 Å². The van der Waals surface area contributed by atoms with Gasteiger partial charge in [0.25, 0.3) is 5.91 Å². The largest absolute Gasteiger partial charge is 0.468 e. The molecule has 1 N–H and O–H groups in total. The van der Waals surface area contributed by atoms with Crippen LogP contribution in [0.25, 0.3) is 0 Å². The third kappa shape index (κ3) is 3.67. The zero-order valence-corrected chi connectivity index (χ0v) is 9.58. The number of esters is 1. The summed E-state index contributed by atoms with van der Waals surface area (Å²) in [4.78, 5) is 26.0. The number of carbonyl (C=O) groups is 2. The average Bonchev–Trinajstić information content (AvgIpc) is 2.25.